The molecule has 6 nitrogen and oxygen atoms in total. The third-order valence-electron chi connectivity index (χ3n) is 12.2. The van der Waals surface area contributed by atoms with Crippen LogP contribution in [0.15, 0.2) is 0 Å². The quantitative estimate of drug-likeness (QED) is 0.0420. The van der Waals surface area contributed by atoms with E-state index in [1.807, 2.05) is 0 Å². The summed E-state index contributed by atoms with van der Waals surface area (Å²) in [6, 6.07) is -0.691. The molecule has 0 radical (unpaired) electrons. The van der Waals surface area contributed by atoms with Gasteiger partial charge in [0.05, 0.1) is 25.2 Å². The fourth-order valence-corrected chi connectivity index (χ4v) is 8.26. The Morgan fingerprint density at radius 1 is 0.439 bits per heavy atom. The summed E-state index contributed by atoms with van der Waals surface area (Å²) < 4.78 is 5.94. The average Bonchev–Trinajstić information content (AvgIpc) is 3.20. The van der Waals surface area contributed by atoms with Crippen molar-refractivity contribution < 1.29 is 24.5 Å². The van der Waals surface area contributed by atoms with Gasteiger partial charge < -0.3 is 20.3 Å². The van der Waals surface area contributed by atoms with E-state index in [1.165, 1.54) is 205 Å². The summed E-state index contributed by atoms with van der Waals surface area (Å²) in [5.74, 6) is -0.451. The van der Waals surface area contributed by atoms with Crippen LogP contribution in [0.1, 0.15) is 290 Å². The number of carbonyl (C=O) groups is 2. The molecule has 340 valence electrons. The lowest BCUT2D eigenvalue weighted by Crippen LogP contribution is -2.46. The number of esters is 1. The van der Waals surface area contributed by atoms with Gasteiger partial charge >= 0.3 is 5.97 Å². The van der Waals surface area contributed by atoms with Gasteiger partial charge in [0.25, 0.3) is 0 Å². The van der Waals surface area contributed by atoms with Gasteiger partial charge in [0.15, 0.2) is 0 Å². The first-order chi connectivity index (χ1) is 28.0. The van der Waals surface area contributed by atoms with Crippen molar-refractivity contribution in [1.29, 1.82) is 0 Å². The van der Waals surface area contributed by atoms with Crippen molar-refractivity contribution in [3.63, 3.8) is 0 Å². The molecule has 0 aromatic carbocycles. The Kier molecular flexibility index (Phi) is 45.0. The van der Waals surface area contributed by atoms with Crippen molar-refractivity contribution in [2.75, 3.05) is 6.61 Å². The number of aliphatic hydroxyl groups excluding tert-OH is 2. The highest BCUT2D eigenvalue weighted by atomic mass is 16.5. The molecule has 0 aliphatic heterocycles. The fourth-order valence-electron chi connectivity index (χ4n) is 8.26. The molecular formula is C51H101NO5. The molecule has 3 atom stereocenters. The minimum atomic E-state index is -0.778. The maximum absolute atomic E-state index is 13.2. The average molecular weight is 808 g/mol. The summed E-state index contributed by atoms with van der Waals surface area (Å²) in [5.41, 5.74) is 0. The minimum absolute atomic E-state index is 0.0878. The van der Waals surface area contributed by atoms with Crippen molar-refractivity contribution in [2.45, 2.75) is 309 Å². The van der Waals surface area contributed by atoms with Crippen molar-refractivity contribution in [3.8, 4) is 0 Å². The van der Waals surface area contributed by atoms with Crippen LogP contribution in [-0.4, -0.2) is 46.9 Å². The number of hydrogen-bond donors (Lipinski definition) is 3. The molecule has 0 spiro atoms. The molecule has 0 bridgehead atoms. The van der Waals surface area contributed by atoms with Crippen LogP contribution in [0.25, 0.3) is 0 Å². The summed E-state index contributed by atoms with van der Waals surface area (Å²) in [6.07, 6.45) is 48.7. The molecule has 0 aromatic heterocycles. The Hall–Kier alpha value is -1.14. The summed E-state index contributed by atoms with van der Waals surface area (Å²) in [6.45, 7) is 6.50. The molecule has 0 aromatic rings. The second-order valence-electron chi connectivity index (χ2n) is 17.9. The zero-order chi connectivity index (χ0) is 41.7. The van der Waals surface area contributed by atoms with Gasteiger partial charge in [0.2, 0.25) is 5.91 Å². The van der Waals surface area contributed by atoms with Crippen LogP contribution >= 0.6 is 0 Å². The Morgan fingerprint density at radius 2 is 0.737 bits per heavy atom. The second kappa shape index (κ2) is 45.9. The molecular weight excluding hydrogens is 707 g/mol. The topological polar surface area (TPSA) is 95.9 Å². The van der Waals surface area contributed by atoms with Crippen molar-refractivity contribution >= 4 is 11.9 Å². The molecule has 0 rings (SSSR count). The maximum Gasteiger partial charge on any atom is 0.306 e. The highest BCUT2D eigenvalue weighted by Gasteiger charge is 2.24. The summed E-state index contributed by atoms with van der Waals surface area (Å²) >= 11 is 0. The van der Waals surface area contributed by atoms with Crippen LogP contribution in [0.4, 0.5) is 0 Å². The minimum Gasteiger partial charge on any atom is -0.462 e. The van der Waals surface area contributed by atoms with Gasteiger partial charge in [-0.15, -0.1) is 0 Å². The molecule has 1 amide bonds. The van der Waals surface area contributed by atoms with Crippen LogP contribution in [0.5, 0.6) is 0 Å². The molecule has 0 aliphatic rings. The predicted molar refractivity (Wildman–Crippen MR) is 246 cm³/mol. The van der Waals surface area contributed by atoms with Crippen LogP contribution in [-0.2, 0) is 14.3 Å². The first-order valence-corrected chi connectivity index (χ1v) is 25.8. The SMILES string of the molecule is CCCCCCCCCCCCCCCCC(CC(=O)NC(CO)C(O)CCCCCCCCCCCCC)OC(=O)CCCCCCCCCCCCCCC. The van der Waals surface area contributed by atoms with Gasteiger partial charge in [0, 0.05) is 6.42 Å². The van der Waals surface area contributed by atoms with E-state index in [0.29, 0.717) is 19.3 Å². The van der Waals surface area contributed by atoms with Crippen molar-refractivity contribution in [1.82, 2.24) is 5.32 Å². The molecule has 3 unspecified atom stereocenters. The fraction of sp³-hybridized carbons (Fsp3) is 0.961. The number of ether oxygens (including phenoxy) is 1. The van der Waals surface area contributed by atoms with Gasteiger partial charge in [-0.2, -0.15) is 0 Å². The van der Waals surface area contributed by atoms with E-state index < -0.39 is 18.2 Å². The van der Waals surface area contributed by atoms with Crippen LogP contribution in [0, 0.1) is 0 Å². The van der Waals surface area contributed by atoms with Gasteiger partial charge in [0.1, 0.15) is 6.10 Å². The molecule has 3 N–H and O–H groups in total. The van der Waals surface area contributed by atoms with Crippen LogP contribution in [0.2, 0.25) is 0 Å². The Morgan fingerprint density at radius 3 is 1.07 bits per heavy atom. The molecule has 57 heavy (non-hydrogen) atoms. The van der Waals surface area contributed by atoms with Gasteiger partial charge in [-0.25, -0.2) is 0 Å². The molecule has 0 aliphatic carbocycles. The van der Waals surface area contributed by atoms with Crippen LogP contribution in [0.3, 0.4) is 0 Å². The standard InChI is InChI=1S/C51H101NO5/c1-4-7-10-13-16-19-22-24-26-28-30-33-36-39-42-47(57-51(56)44-41-38-35-32-29-25-23-20-17-14-11-8-5-2)45-50(55)52-48(46-53)49(54)43-40-37-34-31-27-21-18-15-12-9-6-3/h47-49,53-54H,4-46H2,1-3H3,(H,52,55). The second-order valence-corrected chi connectivity index (χ2v) is 17.9. The van der Waals surface area contributed by atoms with Crippen LogP contribution < -0.4 is 5.32 Å². The lowest BCUT2D eigenvalue weighted by molar-refractivity contribution is -0.151. The third kappa shape index (κ3) is 41.4. The maximum atomic E-state index is 13.2. The van der Waals surface area contributed by atoms with E-state index in [2.05, 4.69) is 26.1 Å². The van der Waals surface area contributed by atoms with Gasteiger partial charge in [-0.1, -0.05) is 252 Å². The Bertz CT molecular complexity index is 821. The number of aliphatic hydroxyl groups is 2. The smallest absolute Gasteiger partial charge is 0.306 e. The van der Waals surface area contributed by atoms with E-state index in [9.17, 15) is 19.8 Å². The third-order valence-corrected chi connectivity index (χ3v) is 12.2. The molecule has 0 heterocycles. The lowest BCUT2D eigenvalue weighted by Gasteiger charge is -2.24. The first-order valence-electron chi connectivity index (χ1n) is 25.8. The van der Waals surface area contributed by atoms with E-state index in [1.54, 1.807) is 0 Å². The summed E-state index contributed by atoms with van der Waals surface area (Å²) in [4.78, 5) is 26.1. The van der Waals surface area contributed by atoms with Gasteiger partial charge in [-0.05, 0) is 25.7 Å². The normalized spacial score (nSPS) is 13.1. The molecule has 0 fully saturated rings. The number of rotatable bonds is 47. The molecule has 6 heteroatoms. The largest absolute Gasteiger partial charge is 0.462 e. The summed E-state index contributed by atoms with van der Waals surface area (Å²) in [5, 5.41) is 23.7. The first kappa shape index (κ1) is 55.9. The Balaban J connectivity index is 4.53. The molecule has 0 saturated heterocycles. The van der Waals surface area contributed by atoms with Crippen molar-refractivity contribution in [2.24, 2.45) is 0 Å². The predicted octanol–water partition coefficient (Wildman–Crippen LogP) is 15.2. The van der Waals surface area contributed by atoms with E-state index in [4.69, 9.17) is 4.74 Å². The van der Waals surface area contributed by atoms with E-state index >= 15 is 0 Å². The highest BCUT2D eigenvalue weighted by Crippen LogP contribution is 2.19. The number of nitrogens with one attached hydrogen (secondary N) is 1. The van der Waals surface area contributed by atoms with Crippen molar-refractivity contribution in [3.05, 3.63) is 0 Å². The van der Waals surface area contributed by atoms with E-state index in [0.717, 1.165) is 38.5 Å². The summed E-state index contributed by atoms with van der Waals surface area (Å²) in [7, 11) is 0. The monoisotopic (exact) mass is 808 g/mol. The molecule has 0 saturated carbocycles. The zero-order valence-electron chi connectivity index (χ0n) is 38.8. The zero-order valence-corrected chi connectivity index (χ0v) is 38.8. The van der Waals surface area contributed by atoms with Gasteiger partial charge in [-0.3, -0.25) is 9.59 Å². The van der Waals surface area contributed by atoms with E-state index in [-0.39, 0.29) is 24.9 Å². The number of hydrogen-bond acceptors (Lipinski definition) is 5. The number of carbonyl (C=O) groups excluding carboxylic acids is 2. The highest BCUT2D eigenvalue weighted by molar-refractivity contribution is 5.77. The lowest BCUT2D eigenvalue weighted by atomic mass is 10.0. The number of amides is 1. The number of unbranched alkanes of at least 4 members (excludes halogenated alkanes) is 35. The Labute approximate surface area is 356 Å².